The number of aromatic nitrogens is 2. The van der Waals surface area contributed by atoms with E-state index in [9.17, 15) is 13.2 Å². The quantitative estimate of drug-likeness (QED) is 0.939. The topological polar surface area (TPSA) is 53.1 Å². The average Bonchev–Trinajstić information content (AvgIpc) is 2.76. The van der Waals surface area contributed by atoms with Crippen molar-refractivity contribution in [3.63, 3.8) is 0 Å². The maximum absolute atomic E-state index is 12.6. The van der Waals surface area contributed by atoms with Gasteiger partial charge in [-0.15, -0.1) is 0 Å². The molecule has 2 N–H and O–H groups in total. The summed E-state index contributed by atoms with van der Waals surface area (Å²) >= 11 is 0. The van der Waals surface area contributed by atoms with E-state index in [1.54, 1.807) is 10.9 Å². The van der Waals surface area contributed by atoms with Crippen LogP contribution in [0.5, 0.6) is 5.75 Å². The van der Waals surface area contributed by atoms with Gasteiger partial charge in [-0.05, 0) is 25.1 Å². The molecule has 0 radical (unpaired) electrons. The minimum atomic E-state index is -4.38. The third kappa shape index (κ3) is 3.04. The smallest absolute Gasteiger partial charge is 0.416 e. The molecule has 0 aliphatic carbocycles. The molecule has 0 saturated heterocycles. The Balaban J connectivity index is 2.09. The molecule has 0 bridgehead atoms. The molecule has 1 aromatic carbocycles. The van der Waals surface area contributed by atoms with E-state index in [0.29, 0.717) is 17.9 Å². The van der Waals surface area contributed by atoms with Gasteiger partial charge >= 0.3 is 6.18 Å². The maximum Gasteiger partial charge on any atom is 0.416 e. The summed E-state index contributed by atoms with van der Waals surface area (Å²) in [6, 6.07) is 4.73. The number of nitrogens with zero attached hydrogens (tertiary/aromatic N) is 2. The van der Waals surface area contributed by atoms with E-state index in [4.69, 9.17) is 10.5 Å². The minimum absolute atomic E-state index is 0.0765. The van der Waals surface area contributed by atoms with Gasteiger partial charge < -0.3 is 10.5 Å². The van der Waals surface area contributed by atoms with Gasteiger partial charge in [0.15, 0.2) is 0 Å². The van der Waals surface area contributed by atoms with Crippen LogP contribution in [0.2, 0.25) is 0 Å². The summed E-state index contributed by atoms with van der Waals surface area (Å²) in [6.45, 7) is 2.59. The Hall–Kier alpha value is -2.18. The first-order valence-electron chi connectivity index (χ1n) is 6.02. The summed E-state index contributed by atoms with van der Waals surface area (Å²) < 4.78 is 44.6. The minimum Gasteiger partial charge on any atom is -0.489 e. The molecule has 20 heavy (non-hydrogen) atoms. The van der Waals surface area contributed by atoms with Crippen LogP contribution in [0.25, 0.3) is 0 Å². The number of alkyl halides is 3. The van der Waals surface area contributed by atoms with Crippen LogP contribution in [0.15, 0.2) is 30.5 Å². The average molecular weight is 285 g/mol. The lowest BCUT2D eigenvalue weighted by Gasteiger charge is -2.10. The number of hydrogen-bond acceptors (Lipinski definition) is 3. The molecule has 0 amide bonds. The zero-order valence-corrected chi connectivity index (χ0v) is 10.8. The number of ether oxygens (including phenoxy) is 1. The molecule has 0 aliphatic heterocycles. The lowest BCUT2D eigenvalue weighted by Crippen LogP contribution is -2.06. The first-order valence-corrected chi connectivity index (χ1v) is 6.02. The molecule has 2 rings (SSSR count). The van der Waals surface area contributed by atoms with Crippen molar-refractivity contribution < 1.29 is 17.9 Å². The second-order valence-corrected chi connectivity index (χ2v) is 4.19. The van der Waals surface area contributed by atoms with Crippen molar-refractivity contribution in [3.05, 3.63) is 41.6 Å². The first kappa shape index (κ1) is 14.2. The van der Waals surface area contributed by atoms with Gasteiger partial charge in [-0.3, -0.25) is 4.68 Å². The number of rotatable bonds is 4. The normalized spacial score (nSPS) is 11.6. The van der Waals surface area contributed by atoms with E-state index in [1.807, 2.05) is 6.92 Å². The summed E-state index contributed by atoms with van der Waals surface area (Å²) in [6.07, 6.45) is -2.84. The van der Waals surface area contributed by atoms with Gasteiger partial charge in [0.25, 0.3) is 0 Å². The first-order chi connectivity index (χ1) is 9.41. The maximum atomic E-state index is 12.6. The Labute approximate surface area is 114 Å². The van der Waals surface area contributed by atoms with Crippen LogP contribution in [0.4, 0.5) is 19.0 Å². The number of anilines is 1. The van der Waals surface area contributed by atoms with E-state index < -0.39 is 11.7 Å². The molecule has 0 fully saturated rings. The fraction of sp³-hybridized carbons (Fsp3) is 0.308. The second-order valence-electron chi connectivity index (χ2n) is 4.19. The van der Waals surface area contributed by atoms with Crippen LogP contribution in [-0.2, 0) is 19.3 Å². The predicted octanol–water partition coefficient (Wildman–Crippen LogP) is 3.08. The Morgan fingerprint density at radius 3 is 2.70 bits per heavy atom. The van der Waals surface area contributed by atoms with Crippen LogP contribution < -0.4 is 10.5 Å². The third-order valence-corrected chi connectivity index (χ3v) is 2.82. The molecule has 0 spiro atoms. The van der Waals surface area contributed by atoms with E-state index in [2.05, 4.69) is 5.10 Å². The van der Waals surface area contributed by atoms with E-state index in [-0.39, 0.29) is 12.4 Å². The zero-order chi connectivity index (χ0) is 14.8. The lowest BCUT2D eigenvalue weighted by molar-refractivity contribution is -0.137. The number of halogens is 3. The number of hydrogen-bond donors (Lipinski definition) is 1. The van der Waals surface area contributed by atoms with Crippen molar-refractivity contribution in [1.29, 1.82) is 0 Å². The standard InChI is InChI=1S/C13H14F3N3O/c1-2-19-12(17)9(7-18-19)8-20-11-5-3-4-10(6-11)13(14,15)16/h3-7H,2,8,17H2,1H3. The van der Waals surface area contributed by atoms with E-state index in [0.717, 1.165) is 12.1 Å². The molecule has 0 atom stereocenters. The largest absolute Gasteiger partial charge is 0.489 e. The van der Waals surface area contributed by atoms with E-state index >= 15 is 0 Å². The van der Waals surface area contributed by atoms with Crippen LogP contribution in [-0.4, -0.2) is 9.78 Å². The van der Waals surface area contributed by atoms with Crippen molar-refractivity contribution in [2.24, 2.45) is 0 Å². The zero-order valence-electron chi connectivity index (χ0n) is 10.8. The SMILES string of the molecule is CCn1ncc(COc2cccc(C(F)(F)F)c2)c1N. The fourth-order valence-electron chi connectivity index (χ4n) is 1.72. The van der Waals surface area contributed by atoms with Gasteiger partial charge in [-0.2, -0.15) is 18.3 Å². The molecule has 7 heteroatoms. The predicted molar refractivity (Wildman–Crippen MR) is 68.1 cm³/mol. The monoisotopic (exact) mass is 285 g/mol. The highest BCUT2D eigenvalue weighted by atomic mass is 19.4. The number of nitrogen functional groups attached to an aromatic ring is 1. The highest BCUT2D eigenvalue weighted by molar-refractivity contribution is 5.38. The lowest BCUT2D eigenvalue weighted by atomic mass is 10.2. The van der Waals surface area contributed by atoms with E-state index in [1.165, 1.54) is 12.1 Å². The second kappa shape index (κ2) is 5.44. The molecule has 0 aliphatic rings. The summed E-state index contributed by atoms with van der Waals surface area (Å²) in [5, 5.41) is 4.03. The molecule has 108 valence electrons. The van der Waals surface area contributed by atoms with Gasteiger partial charge in [0.2, 0.25) is 0 Å². The van der Waals surface area contributed by atoms with Crippen molar-refractivity contribution in [1.82, 2.24) is 9.78 Å². The van der Waals surface area contributed by atoms with Crippen molar-refractivity contribution in [2.75, 3.05) is 5.73 Å². The van der Waals surface area contributed by atoms with Crippen LogP contribution in [0, 0.1) is 0 Å². The molecule has 4 nitrogen and oxygen atoms in total. The molecular formula is C13H14F3N3O. The molecular weight excluding hydrogens is 271 g/mol. The number of nitrogens with two attached hydrogens (primary N) is 1. The number of aryl methyl sites for hydroxylation is 1. The van der Waals surface area contributed by atoms with Crippen molar-refractivity contribution in [3.8, 4) is 5.75 Å². The molecule has 1 heterocycles. The van der Waals surface area contributed by atoms with Crippen LogP contribution in [0.1, 0.15) is 18.1 Å². The molecule has 0 saturated carbocycles. The Bertz CT molecular complexity index is 593. The molecule has 2 aromatic rings. The summed E-state index contributed by atoms with van der Waals surface area (Å²) in [5.74, 6) is 0.600. The third-order valence-electron chi connectivity index (χ3n) is 2.82. The Morgan fingerprint density at radius 2 is 2.10 bits per heavy atom. The summed E-state index contributed by atoms with van der Waals surface area (Å²) in [5.41, 5.74) is 5.72. The number of benzene rings is 1. The Kier molecular flexibility index (Phi) is 3.87. The summed E-state index contributed by atoms with van der Waals surface area (Å²) in [7, 11) is 0. The Morgan fingerprint density at radius 1 is 1.35 bits per heavy atom. The van der Waals surface area contributed by atoms with Gasteiger partial charge in [-0.1, -0.05) is 6.07 Å². The van der Waals surface area contributed by atoms with Gasteiger partial charge in [0, 0.05) is 6.54 Å². The van der Waals surface area contributed by atoms with Gasteiger partial charge in [0.05, 0.1) is 17.3 Å². The highest BCUT2D eigenvalue weighted by Gasteiger charge is 2.30. The molecule has 1 aromatic heterocycles. The van der Waals surface area contributed by atoms with Crippen LogP contribution >= 0.6 is 0 Å². The van der Waals surface area contributed by atoms with Crippen molar-refractivity contribution in [2.45, 2.75) is 26.3 Å². The van der Waals surface area contributed by atoms with Gasteiger partial charge in [-0.25, -0.2) is 0 Å². The summed E-state index contributed by atoms with van der Waals surface area (Å²) in [4.78, 5) is 0. The highest BCUT2D eigenvalue weighted by Crippen LogP contribution is 2.31. The van der Waals surface area contributed by atoms with Crippen LogP contribution in [0.3, 0.4) is 0 Å². The van der Waals surface area contributed by atoms with Crippen molar-refractivity contribution >= 4 is 5.82 Å². The fourth-order valence-corrected chi connectivity index (χ4v) is 1.72. The van der Waals surface area contributed by atoms with Gasteiger partial charge in [0.1, 0.15) is 18.2 Å². The molecule has 0 unspecified atom stereocenters.